The van der Waals surface area contributed by atoms with Gasteiger partial charge in [0, 0.05) is 27.1 Å². The van der Waals surface area contributed by atoms with Gasteiger partial charge in [0.15, 0.2) is 5.79 Å². The minimum atomic E-state index is -0.194. The summed E-state index contributed by atoms with van der Waals surface area (Å²) in [5, 5.41) is 0. The van der Waals surface area contributed by atoms with E-state index in [9.17, 15) is 0 Å². The molecule has 0 atom stereocenters. The summed E-state index contributed by atoms with van der Waals surface area (Å²) in [4.78, 5) is 0. The summed E-state index contributed by atoms with van der Waals surface area (Å²) in [5.41, 5.74) is 0. The highest BCUT2D eigenvalue weighted by molar-refractivity contribution is 5.75. The van der Waals surface area contributed by atoms with Crippen LogP contribution in [-0.2, 0) is 9.47 Å². The van der Waals surface area contributed by atoms with E-state index in [2.05, 4.69) is 0 Å². The van der Waals surface area contributed by atoms with Crippen LogP contribution in [0.3, 0.4) is 0 Å². The summed E-state index contributed by atoms with van der Waals surface area (Å²) in [6.07, 6.45) is 3.35. The van der Waals surface area contributed by atoms with Crippen molar-refractivity contribution in [1.29, 1.82) is 0 Å². The Kier molecular flexibility index (Phi) is 3.39. The van der Waals surface area contributed by atoms with E-state index in [1.807, 2.05) is 0 Å². The van der Waals surface area contributed by atoms with Gasteiger partial charge in [-0.1, -0.05) is 0 Å². The Balaban J connectivity index is 0.000000640. The van der Waals surface area contributed by atoms with E-state index in [1.54, 1.807) is 14.2 Å². The van der Waals surface area contributed by atoms with Crippen molar-refractivity contribution in [1.82, 2.24) is 0 Å². The third kappa shape index (κ3) is 1.53. The molecule has 0 N–H and O–H groups in total. The molecule has 0 aromatic carbocycles. The fourth-order valence-electron chi connectivity index (χ4n) is 0.957. The van der Waals surface area contributed by atoms with Crippen molar-refractivity contribution < 1.29 is 9.47 Å². The van der Waals surface area contributed by atoms with E-state index in [-0.39, 0.29) is 16.8 Å². The summed E-state index contributed by atoms with van der Waals surface area (Å²) >= 11 is 0. The van der Waals surface area contributed by atoms with Gasteiger partial charge in [-0.05, 0) is 17.4 Å². The Labute approximate surface area is 60.6 Å². The molecule has 1 aliphatic carbocycles. The van der Waals surface area contributed by atoms with Gasteiger partial charge >= 0.3 is 0 Å². The number of hydrogen-bond acceptors (Lipinski definition) is 2. The van der Waals surface area contributed by atoms with Gasteiger partial charge in [0.25, 0.3) is 0 Å². The van der Waals surface area contributed by atoms with Gasteiger partial charge in [0.05, 0.1) is 0 Å². The summed E-state index contributed by atoms with van der Waals surface area (Å²) in [7, 11) is 3.39. The monoisotopic (exact) mass is 148 g/mol. The Hall–Kier alpha value is 0.137. The van der Waals surface area contributed by atoms with Crippen LogP contribution >= 0.6 is 0 Å². The van der Waals surface area contributed by atoms with Crippen molar-refractivity contribution in [2.24, 2.45) is 0 Å². The smallest absolute Gasteiger partial charge is 0.167 e. The molecule has 9 heavy (non-hydrogen) atoms. The topological polar surface area (TPSA) is 18.5 Å². The van der Waals surface area contributed by atoms with Crippen LogP contribution in [0.5, 0.6) is 0 Å². The predicted octanol–water partition coefficient (Wildman–Crippen LogP) is -0.292. The number of ether oxygens (including phenoxy) is 2. The fourth-order valence-corrected chi connectivity index (χ4v) is 0.957. The molecular formula is C6H16O2Si. The molecule has 0 heterocycles. The van der Waals surface area contributed by atoms with Crippen LogP contribution in [0, 0.1) is 0 Å². The zero-order valence-corrected chi connectivity index (χ0v) is 5.44. The summed E-state index contributed by atoms with van der Waals surface area (Å²) in [6.45, 7) is 0. The molecule has 0 amide bonds. The molecule has 0 radical (unpaired) electrons. The lowest BCUT2D eigenvalue weighted by molar-refractivity contribution is -0.249. The zero-order valence-electron chi connectivity index (χ0n) is 5.44. The standard InChI is InChI=1S/C6H12O2.H4Si/c1-7-6(8-2)4-3-5-6;/h3-5H2,1-2H3;1H4. The van der Waals surface area contributed by atoms with Gasteiger partial charge in [-0.15, -0.1) is 0 Å². The molecule has 56 valence electrons. The van der Waals surface area contributed by atoms with Gasteiger partial charge in [0.2, 0.25) is 0 Å². The number of rotatable bonds is 2. The molecule has 0 spiro atoms. The van der Waals surface area contributed by atoms with E-state index < -0.39 is 0 Å². The third-order valence-corrected chi connectivity index (χ3v) is 1.86. The summed E-state index contributed by atoms with van der Waals surface area (Å²) in [5.74, 6) is -0.194. The lowest BCUT2D eigenvalue weighted by atomic mass is 9.91. The molecule has 0 bridgehead atoms. The normalized spacial score (nSPS) is 22.0. The van der Waals surface area contributed by atoms with Crippen molar-refractivity contribution in [3.63, 3.8) is 0 Å². The second-order valence-electron chi connectivity index (χ2n) is 2.17. The molecule has 1 rings (SSSR count). The number of methoxy groups -OCH3 is 2. The van der Waals surface area contributed by atoms with Crippen molar-refractivity contribution in [2.45, 2.75) is 25.0 Å². The quantitative estimate of drug-likeness (QED) is 0.396. The first-order valence-corrected chi connectivity index (χ1v) is 2.93. The Morgan fingerprint density at radius 3 is 1.56 bits per heavy atom. The molecule has 0 aromatic heterocycles. The van der Waals surface area contributed by atoms with Gasteiger partial charge in [-0.25, -0.2) is 0 Å². The average Bonchev–Trinajstić information content (AvgIpc) is 1.67. The predicted molar refractivity (Wildman–Crippen MR) is 41.9 cm³/mol. The van der Waals surface area contributed by atoms with Crippen LogP contribution in [0.4, 0.5) is 0 Å². The van der Waals surface area contributed by atoms with Gasteiger partial charge in [-0.2, -0.15) is 0 Å². The first-order chi connectivity index (χ1) is 3.83. The first kappa shape index (κ1) is 9.14. The highest BCUT2D eigenvalue weighted by Gasteiger charge is 2.36. The number of hydrogen-bond donors (Lipinski definition) is 0. The molecule has 3 heteroatoms. The molecule has 0 unspecified atom stereocenters. The zero-order chi connectivity index (χ0) is 6.04. The minimum Gasteiger partial charge on any atom is -0.353 e. The maximum atomic E-state index is 5.10. The summed E-state index contributed by atoms with van der Waals surface area (Å²) < 4.78 is 10.2. The highest BCUT2D eigenvalue weighted by atomic mass is 28.1. The van der Waals surface area contributed by atoms with Gasteiger partial charge in [0.1, 0.15) is 0 Å². The lowest BCUT2D eigenvalue weighted by Gasteiger charge is -2.38. The van der Waals surface area contributed by atoms with E-state index in [4.69, 9.17) is 9.47 Å². The maximum absolute atomic E-state index is 5.10. The second kappa shape index (κ2) is 3.34. The van der Waals surface area contributed by atoms with Crippen molar-refractivity contribution in [2.75, 3.05) is 14.2 Å². The van der Waals surface area contributed by atoms with Crippen LogP contribution in [0.25, 0.3) is 0 Å². The SMILES string of the molecule is COC1(OC)CCC1.[SiH4]. The third-order valence-electron chi connectivity index (χ3n) is 1.86. The van der Waals surface area contributed by atoms with E-state index >= 15 is 0 Å². The van der Waals surface area contributed by atoms with Gasteiger partial charge in [-0.3, -0.25) is 0 Å². The van der Waals surface area contributed by atoms with Crippen molar-refractivity contribution in [3.05, 3.63) is 0 Å². The van der Waals surface area contributed by atoms with E-state index in [0.717, 1.165) is 12.8 Å². The largest absolute Gasteiger partial charge is 0.353 e. The summed E-state index contributed by atoms with van der Waals surface area (Å²) in [6, 6.07) is 0. The Morgan fingerprint density at radius 2 is 1.56 bits per heavy atom. The Morgan fingerprint density at radius 1 is 1.11 bits per heavy atom. The lowest BCUT2D eigenvalue weighted by Crippen LogP contribution is -2.40. The van der Waals surface area contributed by atoms with Gasteiger partial charge < -0.3 is 9.47 Å². The van der Waals surface area contributed by atoms with E-state index in [0.29, 0.717) is 0 Å². The van der Waals surface area contributed by atoms with Crippen LogP contribution in [0.2, 0.25) is 0 Å². The van der Waals surface area contributed by atoms with Crippen LogP contribution in [-0.4, -0.2) is 31.0 Å². The first-order valence-electron chi connectivity index (χ1n) is 2.93. The molecule has 0 saturated heterocycles. The highest BCUT2D eigenvalue weighted by Crippen LogP contribution is 2.34. The molecule has 1 saturated carbocycles. The second-order valence-corrected chi connectivity index (χ2v) is 2.17. The molecule has 0 aromatic rings. The van der Waals surface area contributed by atoms with Crippen LogP contribution in [0.15, 0.2) is 0 Å². The molecule has 1 aliphatic rings. The molecule has 2 nitrogen and oxygen atoms in total. The average molecular weight is 148 g/mol. The molecular weight excluding hydrogens is 132 g/mol. The van der Waals surface area contributed by atoms with Crippen LogP contribution in [0.1, 0.15) is 19.3 Å². The minimum absolute atomic E-state index is 0. The van der Waals surface area contributed by atoms with E-state index in [1.165, 1.54) is 6.42 Å². The maximum Gasteiger partial charge on any atom is 0.167 e. The molecule has 1 fully saturated rings. The Bertz CT molecular complexity index is 67.6. The van der Waals surface area contributed by atoms with Crippen LogP contribution < -0.4 is 0 Å². The van der Waals surface area contributed by atoms with Crippen molar-refractivity contribution in [3.8, 4) is 0 Å². The van der Waals surface area contributed by atoms with Crippen molar-refractivity contribution >= 4 is 11.0 Å². The fraction of sp³-hybridized carbons (Fsp3) is 1.00. The molecule has 0 aliphatic heterocycles.